The SMILES string of the molecule is CCCN1CCC(c2cccc(S(C)=O)c2F)CC1. The summed E-state index contributed by atoms with van der Waals surface area (Å²) in [4.78, 5) is 2.78. The molecule has 1 unspecified atom stereocenters. The first-order valence-electron chi connectivity index (χ1n) is 6.97. The quantitative estimate of drug-likeness (QED) is 0.846. The van der Waals surface area contributed by atoms with Gasteiger partial charge in [0.25, 0.3) is 0 Å². The molecule has 1 aliphatic heterocycles. The Kier molecular flexibility index (Phi) is 5.11. The second-order valence-corrected chi connectivity index (χ2v) is 6.58. The maximum absolute atomic E-state index is 14.3. The molecule has 0 saturated carbocycles. The van der Waals surface area contributed by atoms with E-state index >= 15 is 0 Å². The molecular formula is C15H22FNOS. The van der Waals surface area contributed by atoms with Gasteiger partial charge in [-0.15, -0.1) is 0 Å². The third-order valence-electron chi connectivity index (χ3n) is 3.87. The maximum Gasteiger partial charge on any atom is 0.142 e. The average molecular weight is 283 g/mol. The fourth-order valence-corrected chi connectivity index (χ4v) is 3.49. The summed E-state index contributed by atoms with van der Waals surface area (Å²) in [5, 5.41) is 0. The first-order chi connectivity index (χ1) is 9.13. The normalized spacial score (nSPS) is 19.5. The first-order valence-corrected chi connectivity index (χ1v) is 8.53. The van der Waals surface area contributed by atoms with Crippen LogP contribution in [0.2, 0.25) is 0 Å². The molecule has 1 heterocycles. The molecule has 2 rings (SSSR count). The van der Waals surface area contributed by atoms with Crippen molar-refractivity contribution in [3.63, 3.8) is 0 Å². The van der Waals surface area contributed by atoms with Gasteiger partial charge >= 0.3 is 0 Å². The fraction of sp³-hybridized carbons (Fsp3) is 0.600. The zero-order valence-electron chi connectivity index (χ0n) is 11.7. The zero-order chi connectivity index (χ0) is 13.8. The van der Waals surface area contributed by atoms with Crippen molar-refractivity contribution >= 4 is 10.8 Å². The lowest BCUT2D eigenvalue weighted by atomic mass is 9.89. The molecule has 0 bridgehead atoms. The van der Waals surface area contributed by atoms with E-state index in [4.69, 9.17) is 0 Å². The lowest BCUT2D eigenvalue weighted by molar-refractivity contribution is 0.211. The summed E-state index contributed by atoms with van der Waals surface area (Å²) in [6.45, 7) is 5.40. The van der Waals surface area contributed by atoms with Crippen LogP contribution in [0.1, 0.15) is 37.7 Å². The summed E-state index contributed by atoms with van der Waals surface area (Å²) in [5.74, 6) is 0.0221. The van der Waals surface area contributed by atoms with Gasteiger partial charge in [0.15, 0.2) is 0 Å². The highest BCUT2D eigenvalue weighted by Crippen LogP contribution is 2.31. The van der Waals surface area contributed by atoms with E-state index in [1.807, 2.05) is 12.1 Å². The Hall–Kier alpha value is -0.740. The van der Waals surface area contributed by atoms with E-state index in [0.29, 0.717) is 4.90 Å². The van der Waals surface area contributed by atoms with Crippen molar-refractivity contribution in [2.45, 2.75) is 37.0 Å². The van der Waals surface area contributed by atoms with Gasteiger partial charge in [-0.1, -0.05) is 19.1 Å². The lowest BCUT2D eigenvalue weighted by Crippen LogP contribution is -2.33. The van der Waals surface area contributed by atoms with Gasteiger partial charge < -0.3 is 4.90 Å². The van der Waals surface area contributed by atoms with Gasteiger partial charge in [-0.05, 0) is 56.4 Å². The van der Waals surface area contributed by atoms with Crippen LogP contribution < -0.4 is 0 Å². The van der Waals surface area contributed by atoms with Gasteiger partial charge in [0.1, 0.15) is 5.82 Å². The predicted octanol–water partition coefficient (Wildman–Crippen LogP) is 3.15. The van der Waals surface area contributed by atoms with Crippen molar-refractivity contribution in [3.05, 3.63) is 29.6 Å². The average Bonchev–Trinajstić information content (AvgIpc) is 2.40. The molecule has 0 radical (unpaired) electrons. The van der Waals surface area contributed by atoms with Crippen LogP contribution in [0.25, 0.3) is 0 Å². The lowest BCUT2D eigenvalue weighted by Gasteiger charge is -2.32. The topological polar surface area (TPSA) is 20.3 Å². The number of likely N-dealkylation sites (tertiary alicyclic amines) is 1. The highest BCUT2D eigenvalue weighted by molar-refractivity contribution is 7.84. The summed E-state index contributed by atoms with van der Waals surface area (Å²) >= 11 is 0. The molecule has 0 spiro atoms. The van der Waals surface area contributed by atoms with Crippen LogP contribution >= 0.6 is 0 Å². The van der Waals surface area contributed by atoms with Crippen molar-refractivity contribution in [2.75, 3.05) is 25.9 Å². The minimum Gasteiger partial charge on any atom is -0.303 e. The molecule has 1 aromatic carbocycles. The minimum atomic E-state index is -1.25. The molecule has 106 valence electrons. The molecule has 0 aromatic heterocycles. The van der Waals surface area contributed by atoms with Gasteiger partial charge in [0, 0.05) is 6.26 Å². The number of benzene rings is 1. The fourth-order valence-electron chi connectivity index (χ4n) is 2.85. The third-order valence-corrected chi connectivity index (χ3v) is 4.80. The van der Waals surface area contributed by atoms with Crippen molar-refractivity contribution in [2.24, 2.45) is 0 Å². The maximum atomic E-state index is 14.3. The van der Waals surface area contributed by atoms with Crippen LogP contribution in [0.15, 0.2) is 23.1 Å². The molecule has 0 aliphatic carbocycles. The molecule has 4 heteroatoms. The molecule has 2 nitrogen and oxygen atoms in total. The first kappa shape index (κ1) is 14.7. The van der Waals surface area contributed by atoms with E-state index in [1.54, 1.807) is 6.07 Å². The second-order valence-electron chi connectivity index (χ2n) is 5.23. The van der Waals surface area contributed by atoms with Gasteiger partial charge in [-0.2, -0.15) is 0 Å². The number of piperidine rings is 1. The molecule has 1 aromatic rings. The van der Waals surface area contributed by atoms with Gasteiger partial charge in [0.05, 0.1) is 15.7 Å². The number of rotatable bonds is 4. The summed E-state index contributed by atoms with van der Waals surface area (Å²) in [6, 6.07) is 5.31. The Morgan fingerprint density at radius 2 is 2.05 bits per heavy atom. The van der Waals surface area contributed by atoms with Gasteiger partial charge in [-0.25, -0.2) is 4.39 Å². The number of hydrogen-bond acceptors (Lipinski definition) is 2. The Morgan fingerprint density at radius 1 is 1.37 bits per heavy atom. The van der Waals surface area contributed by atoms with Crippen LogP contribution in [0.5, 0.6) is 0 Å². The molecule has 1 saturated heterocycles. The van der Waals surface area contributed by atoms with E-state index < -0.39 is 10.8 Å². The molecule has 0 N–H and O–H groups in total. The van der Waals surface area contributed by atoms with E-state index in [1.165, 1.54) is 12.7 Å². The standard InChI is InChI=1S/C15H22FNOS/c1-3-9-17-10-7-12(8-11-17)13-5-4-6-14(15(13)16)19(2)18/h4-6,12H,3,7-11H2,1-2H3. The van der Waals surface area contributed by atoms with Crippen LogP contribution in [-0.2, 0) is 10.8 Å². The Morgan fingerprint density at radius 3 is 2.63 bits per heavy atom. The number of nitrogens with zero attached hydrogens (tertiary/aromatic N) is 1. The van der Waals surface area contributed by atoms with Gasteiger partial charge in [0.2, 0.25) is 0 Å². The van der Waals surface area contributed by atoms with E-state index in [0.717, 1.165) is 38.0 Å². The number of hydrogen-bond donors (Lipinski definition) is 0. The summed E-state index contributed by atoms with van der Waals surface area (Å²) in [7, 11) is -1.25. The zero-order valence-corrected chi connectivity index (χ0v) is 12.5. The van der Waals surface area contributed by atoms with Gasteiger partial charge in [-0.3, -0.25) is 4.21 Å². The molecule has 1 atom stereocenters. The molecular weight excluding hydrogens is 261 g/mol. The smallest absolute Gasteiger partial charge is 0.142 e. The predicted molar refractivity (Wildman–Crippen MR) is 77.4 cm³/mol. The Labute approximate surface area is 117 Å². The highest BCUT2D eigenvalue weighted by atomic mass is 32.2. The van der Waals surface area contributed by atoms with Crippen LogP contribution in [0.3, 0.4) is 0 Å². The Bertz CT molecular complexity index is 455. The van der Waals surface area contributed by atoms with Crippen molar-refractivity contribution < 1.29 is 8.60 Å². The summed E-state index contributed by atoms with van der Waals surface area (Å²) in [6.07, 6.45) is 4.70. The van der Waals surface area contributed by atoms with E-state index in [9.17, 15) is 8.60 Å². The second kappa shape index (κ2) is 6.62. The molecule has 1 aliphatic rings. The molecule has 0 amide bonds. The minimum absolute atomic E-state index is 0.253. The van der Waals surface area contributed by atoms with E-state index in [-0.39, 0.29) is 11.7 Å². The summed E-state index contributed by atoms with van der Waals surface area (Å²) in [5.41, 5.74) is 0.754. The molecule has 19 heavy (non-hydrogen) atoms. The number of halogens is 1. The summed E-state index contributed by atoms with van der Waals surface area (Å²) < 4.78 is 25.8. The highest BCUT2D eigenvalue weighted by Gasteiger charge is 2.23. The van der Waals surface area contributed by atoms with E-state index in [2.05, 4.69) is 11.8 Å². The third kappa shape index (κ3) is 3.42. The largest absolute Gasteiger partial charge is 0.303 e. The van der Waals surface area contributed by atoms with Crippen LogP contribution in [0.4, 0.5) is 4.39 Å². The van der Waals surface area contributed by atoms with Crippen LogP contribution in [0, 0.1) is 5.82 Å². The van der Waals surface area contributed by atoms with Crippen molar-refractivity contribution in [3.8, 4) is 0 Å². The van der Waals surface area contributed by atoms with Crippen molar-refractivity contribution in [1.82, 2.24) is 4.90 Å². The Balaban J connectivity index is 2.11. The van der Waals surface area contributed by atoms with Crippen LogP contribution in [-0.4, -0.2) is 35.0 Å². The monoisotopic (exact) mass is 283 g/mol. The van der Waals surface area contributed by atoms with Crippen molar-refractivity contribution in [1.29, 1.82) is 0 Å². The molecule has 1 fully saturated rings.